The van der Waals surface area contributed by atoms with Crippen LogP contribution in [0.2, 0.25) is 0 Å². The smallest absolute Gasteiger partial charge is 0.321 e. The molecule has 0 aromatic heterocycles. The van der Waals surface area contributed by atoms with Crippen molar-refractivity contribution in [1.29, 1.82) is 0 Å². The first-order valence-corrected chi connectivity index (χ1v) is 5.71. The van der Waals surface area contributed by atoms with E-state index in [1.54, 1.807) is 24.3 Å². The van der Waals surface area contributed by atoms with Crippen molar-refractivity contribution < 1.29 is 14.7 Å². The van der Waals surface area contributed by atoms with Crippen LogP contribution in [0.15, 0.2) is 24.3 Å². The van der Waals surface area contributed by atoms with E-state index in [1.807, 2.05) is 0 Å². The SMILES string of the molecule is Nc1ccccc1NC(=O)N1CCC(C(=O)O)C1. The summed E-state index contributed by atoms with van der Waals surface area (Å²) in [4.78, 5) is 24.2. The average molecular weight is 249 g/mol. The molecule has 4 N–H and O–H groups in total. The Balaban J connectivity index is 1.98. The fourth-order valence-corrected chi connectivity index (χ4v) is 1.95. The number of urea groups is 1. The van der Waals surface area contributed by atoms with Crippen molar-refractivity contribution in [2.24, 2.45) is 5.92 Å². The van der Waals surface area contributed by atoms with E-state index >= 15 is 0 Å². The number of hydrogen-bond acceptors (Lipinski definition) is 3. The Kier molecular flexibility index (Phi) is 3.36. The van der Waals surface area contributed by atoms with E-state index in [-0.39, 0.29) is 12.6 Å². The molecule has 1 aromatic carbocycles. The predicted molar refractivity (Wildman–Crippen MR) is 67.2 cm³/mol. The third-order valence-corrected chi connectivity index (χ3v) is 3.03. The summed E-state index contributed by atoms with van der Waals surface area (Å²) < 4.78 is 0. The van der Waals surface area contributed by atoms with Gasteiger partial charge in [0.2, 0.25) is 0 Å². The molecule has 2 rings (SSSR count). The van der Waals surface area contributed by atoms with Crippen molar-refractivity contribution in [2.45, 2.75) is 6.42 Å². The molecular formula is C12H15N3O3. The van der Waals surface area contributed by atoms with Crippen LogP contribution in [0.3, 0.4) is 0 Å². The highest BCUT2D eigenvalue weighted by molar-refractivity contribution is 5.93. The van der Waals surface area contributed by atoms with Crippen LogP contribution in [0.4, 0.5) is 16.2 Å². The molecule has 1 aromatic rings. The first-order valence-electron chi connectivity index (χ1n) is 5.71. The maximum absolute atomic E-state index is 11.9. The predicted octanol–water partition coefficient (Wildman–Crippen LogP) is 1.21. The van der Waals surface area contributed by atoms with Gasteiger partial charge in [-0.2, -0.15) is 0 Å². The van der Waals surface area contributed by atoms with Crippen molar-refractivity contribution in [3.05, 3.63) is 24.3 Å². The average Bonchev–Trinajstić information content (AvgIpc) is 2.81. The summed E-state index contributed by atoms with van der Waals surface area (Å²) in [5.41, 5.74) is 6.74. The molecule has 1 saturated heterocycles. The molecule has 0 spiro atoms. The molecule has 0 radical (unpaired) electrons. The lowest BCUT2D eigenvalue weighted by Gasteiger charge is -2.17. The van der Waals surface area contributed by atoms with Crippen LogP contribution in [0.1, 0.15) is 6.42 Å². The zero-order valence-corrected chi connectivity index (χ0v) is 9.80. The van der Waals surface area contributed by atoms with E-state index in [2.05, 4.69) is 5.32 Å². The molecule has 6 nitrogen and oxygen atoms in total. The molecule has 1 aliphatic heterocycles. The molecular weight excluding hydrogens is 234 g/mol. The van der Waals surface area contributed by atoms with Gasteiger partial charge in [-0.1, -0.05) is 12.1 Å². The number of nitrogens with zero attached hydrogens (tertiary/aromatic N) is 1. The number of nitrogens with one attached hydrogen (secondary N) is 1. The Morgan fingerprint density at radius 1 is 1.39 bits per heavy atom. The van der Waals surface area contributed by atoms with Crippen molar-refractivity contribution in [1.82, 2.24) is 4.90 Å². The van der Waals surface area contributed by atoms with Gasteiger partial charge in [0.25, 0.3) is 0 Å². The fourth-order valence-electron chi connectivity index (χ4n) is 1.95. The van der Waals surface area contributed by atoms with Crippen LogP contribution in [0.25, 0.3) is 0 Å². The second-order valence-electron chi connectivity index (χ2n) is 4.29. The number of benzene rings is 1. The monoisotopic (exact) mass is 249 g/mol. The minimum absolute atomic E-state index is 0.244. The van der Waals surface area contributed by atoms with Gasteiger partial charge < -0.3 is 21.1 Å². The van der Waals surface area contributed by atoms with Crippen LogP contribution in [0, 0.1) is 5.92 Å². The molecule has 0 bridgehead atoms. The number of nitrogens with two attached hydrogens (primary N) is 1. The number of carbonyl (C=O) groups is 2. The molecule has 1 atom stereocenters. The maximum Gasteiger partial charge on any atom is 0.321 e. The summed E-state index contributed by atoms with van der Waals surface area (Å²) >= 11 is 0. The quantitative estimate of drug-likeness (QED) is 0.686. The Hall–Kier alpha value is -2.24. The van der Waals surface area contributed by atoms with E-state index in [0.717, 1.165) is 0 Å². The van der Waals surface area contributed by atoms with Gasteiger partial charge >= 0.3 is 12.0 Å². The van der Waals surface area contributed by atoms with E-state index in [4.69, 9.17) is 10.8 Å². The summed E-state index contributed by atoms with van der Waals surface area (Å²) in [6.45, 7) is 0.698. The molecule has 1 unspecified atom stereocenters. The number of rotatable bonds is 2. The molecule has 6 heteroatoms. The Bertz CT molecular complexity index is 475. The standard InChI is InChI=1S/C12H15N3O3/c13-9-3-1-2-4-10(9)14-12(18)15-6-5-8(7-15)11(16)17/h1-4,8H,5-7,13H2,(H,14,18)(H,16,17). The summed E-state index contributed by atoms with van der Waals surface area (Å²) in [5.74, 6) is -1.33. The van der Waals surface area contributed by atoms with Gasteiger partial charge in [0.1, 0.15) is 0 Å². The molecule has 1 fully saturated rings. The van der Waals surface area contributed by atoms with Gasteiger partial charge in [-0.25, -0.2) is 4.79 Å². The topological polar surface area (TPSA) is 95.7 Å². The van der Waals surface area contributed by atoms with Gasteiger partial charge in [0.05, 0.1) is 17.3 Å². The molecule has 0 saturated carbocycles. The number of carboxylic acid groups (broad SMARTS) is 1. The van der Waals surface area contributed by atoms with Crippen LogP contribution >= 0.6 is 0 Å². The second kappa shape index (κ2) is 4.95. The second-order valence-corrected chi connectivity index (χ2v) is 4.29. The van der Waals surface area contributed by atoms with Gasteiger partial charge in [0.15, 0.2) is 0 Å². The Morgan fingerprint density at radius 3 is 2.72 bits per heavy atom. The number of carboxylic acids is 1. The number of amides is 2. The van der Waals surface area contributed by atoms with E-state index in [0.29, 0.717) is 24.3 Å². The number of anilines is 2. The third-order valence-electron chi connectivity index (χ3n) is 3.03. The maximum atomic E-state index is 11.9. The molecule has 0 aliphatic carbocycles. The highest BCUT2D eigenvalue weighted by atomic mass is 16.4. The highest BCUT2D eigenvalue weighted by Gasteiger charge is 2.30. The van der Waals surface area contributed by atoms with Gasteiger partial charge in [-0.05, 0) is 18.6 Å². The van der Waals surface area contributed by atoms with Gasteiger partial charge in [-0.3, -0.25) is 4.79 Å². The minimum Gasteiger partial charge on any atom is -0.481 e. The Morgan fingerprint density at radius 2 is 2.11 bits per heavy atom. The van der Waals surface area contributed by atoms with Crippen molar-refractivity contribution in [3.8, 4) is 0 Å². The van der Waals surface area contributed by atoms with Crippen molar-refractivity contribution in [3.63, 3.8) is 0 Å². The van der Waals surface area contributed by atoms with Crippen LogP contribution in [-0.2, 0) is 4.79 Å². The van der Waals surface area contributed by atoms with Crippen molar-refractivity contribution in [2.75, 3.05) is 24.1 Å². The number of para-hydroxylation sites is 2. The number of hydrogen-bond donors (Lipinski definition) is 3. The first-order chi connectivity index (χ1) is 8.58. The summed E-state index contributed by atoms with van der Waals surface area (Å²) in [5, 5.41) is 11.5. The van der Waals surface area contributed by atoms with E-state index in [9.17, 15) is 9.59 Å². The lowest BCUT2D eigenvalue weighted by atomic mass is 10.1. The van der Waals surface area contributed by atoms with Crippen molar-refractivity contribution >= 4 is 23.4 Å². The summed E-state index contributed by atoms with van der Waals surface area (Å²) in [6.07, 6.45) is 0.493. The highest BCUT2D eigenvalue weighted by Crippen LogP contribution is 2.20. The fraction of sp³-hybridized carbons (Fsp3) is 0.333. The molecule has 18 heavy (non-hydrogen) atoms. The summed E-state index contributed by atoms with van der Waals surface area (Å²) in [6, 6.07) is 6.64. The molecule has 1 aliphatic rings. The van der Waals surface area contributed by atoms with Crippen LogP contribution in [0.5, 0.6) is 0 Å². The molecule has 1 heterocycles. The molecule has 96 valence electrons. The zero-order chi connectivity index (χ0) is 13.1. The normalized spacial score (nSPS) is 18.7. The number of carbonyl (C=O) groups excluding carboxylic acids is 1. The van der Waals surface area contributed by atoms with Crippen LogP contribution < -0.4 is 11.1 Å². The van der Waals surface area contributed by atoms with Crippen LogP contribution in [-0.4, -0.2) is 35.1 Å². The Labute approximate surface area is 104 Å². The third kappa shape index (κ3) is 2.53. The lowest BCUT2D eigenvalue weighted by molar-refractivity contribution is -0.141. The number of aliphatic carboxylic acids is 1. The largest absolute Gasteiger partial charge is 0.481 e. The van der Waals surface area contributed by atoms with Gasteiger partial charge in [0, 0.05) is 13.1 Å². The molecule has 2 amide bonds. The van der Waals surface area contributed by atoms with E-state index in [1.165, 1.54) is 4.90 Å². The van der Waals surface area contributed by atoms with E-state index < -0.39 is 11.9 Å². The number of nitrogen functional groups attached to an aromatic ring is 1. The minimum atomic E-state index is -0.857. The first kappa shape index (κ1) is 12.2. The summed E-state index contributed by atoms with van der Waals surface area (Å²) in [7, 11) is 0. The lowest BCUT2D eigenvalue weighted by Crippen LogP contribution is -2.34. The zero-order valence-electron chi connectivity index (χ0n) is 9.80. The number of likely N-dealkylation sites (tertiary alicyclic amines) is 1. The van der Waals surface area contributed by atoms with Gasteiger partial charge in [-0.15, -0.1) is 0 Å².